The Hall–Kier alpha value is -0.420. The highest BCUT2D eigenvalue weighted by atomic mass is 32.2. The molecule has 1 fully saturated rings. The Morgan fingerprint density at radius 1 is 1.64 bits per heavy atom. The molecular weight excluding hydrogens is 200 g/mol. The Morgan fingerprint density at radius 3 is 2.79 bits per heavy atom. The second-order valence-corrected chi connectivity index (χ2v) is 5.26. The highest BCUT2D eigenvalue weighted by molar-refractivity contribution is 7.85. The lowest BCUT2D eigenvalue weighted by molar-refractivity contribution is -0.118. The van der Waals surface area contributed by atoms with E-state index in [1.807, 2.05) is 6.92 Å². The monoisotopic (exact) mass is 218 g/mol. The molecule has 82 valence electrons. The molecule has 14 heavy (non-hydrogen) atoms. The zero-order valence-electron chi connectivity index (χ0n) is 8.49. The molecule has 1 saturated carbocycles. The molecule has 0 aliphatic heterocycles. The van der Waals surface area contributed by atoms with Crippen molar-refractivity contribution in [3.05, 3.63) is 0 Å². The largest absolute Gasteiger partial charge is 0.353 e. The van der Waals surface area contributed by atoms with Gasteiger partial charge in [0.25, 0.3) is 0 Å². The Labute approximate surface area is 87.1 Å². The molecule has 4 nitrogen and oxygen atoms in total. The van der Waals surface area contributed by atoms with E-state index in [9.17, 15) is 9.00 Å². The molecule has 0 saturated heterocycles. The molecule has 2 atom stereocenters. The third kappa shape index (κ3) is 4.72. The van der Waals surface area contributed by atoms with Gasteiger partial charge in [0.15, 0.2) is 0 Å². The van der Waals surface area contributed by atoms with Crippen LogP contribution in [0.5, 0.6) is 0 Å². The van der Waals surface area contributed by atoms with Crippen LogP contribution in [-0.4, -0.2) is 33.7 Å². The summed E-state index contributed by atoms with van der Waals surface area (Å²) in [5.74, 6) is 0.424. The van der Waals surface area contributed by atoms with Gasteiger partial charge in [-0.15, -0.1) is 0 Å². The molecule has 1 aliphatic carbocycles. The van der Waals surface area contributed by atoms with Crippen molar-refractivity contribution in [2.24, 2.45) is 5.73 Å². The van der Waals surface area contributed by atoms with Crippen LogP contribution in [0.3, 0.4) is 0 Å². The maximum absolute atomic E-state index is 11.4. The van der Waals surface area contributed by atoms with Crippen molar-refractivity contribution in [2.45, 2.75) is 38.3 Å². The molecule has 0 heterocycles. The summed E-state index contributed by atoms with van der Waals surface area (Å²) in [6, 6.07) is 0.295. The van der Waals surface area contributed by atoms with E-state index >= 15 is 0 Å². The van der Waals surface area contributed by atoms with Gasteiger partial charge in [-0.1, -0.05) is 6.92 Å². The number of nitrogens with one attached hydrogen (secondary N) is 1. The first-order chi connectivity index (χ1) is 6.61. The van der Waals surface area contributed by atoms with Crippen molar-refractivity contribution >= 4 is 16.7 Å². The number of hydrogen-bond donors (Lipinski definition) is 2. The van der Waals surface area contributed by atoms with E-state index < -0.39 is 10.8 Å². The van der Waals surface area contributed by atoms with E-state index in [0.717, 1.165) is 19.3 Å². The van der Waals surface area contributed by atoms with Gasteiger partial charge in [-0.2, -0.15) is 0 Å². The highest BCUT2D eigenvalue weighted by Crippen LogP contribution is 2.18. The van der Waals surface area contributed by atoms with E-state index in [-0.39, 0.29) is 17.7 Å². The van der Waals surface area contributed by atoms with Crippen molar-refractivity contribution in [3.8, 4) is 0 Å². The van der Waals surface area contributed by atoms with Gasteiger partial charge in [0.2, 0.25) is 5.91 Å². The molecular formula is C9H18N2O2S. The van der Waals surface area contributed by atoms with Gasteiger partial charge in [-0.05, 0) is 19.3 Å². The first-order valence-corrected chi connectivity index (χ1v) is 6.50. The van der Waals surface area contributed by atoms with Gasteiger partial charge in [-0.25, -0.2) is 0 Å². The van der Waals surface area contributed by atoms with Crippen LogP contribution < -0.4 is 11.1 Å². The minimum absolute atomic E-state index is 0.0513. The van der Waals surface area contributed by atoms with Crippen LogP contribution in [0.15, 0.2) is 0 Å². The van der Waals surface area contributed by atoms with Crippen molar-refractivity contribution in [1.82, 2.24) is 5.32 Å². The lowest BCUT2D eigenvalue weighted by Gasteiger charge is -2.08. The molecule has 0 aromatic carbocycles. The standard InChI is InChI=1S/C9H18N2O2S/c1-2-7(10)5-14(13)6-9(12)11-8-3-4-8/h7-8H,2-6,10H2,1H3,(H,11,12). The molecule has 0 spiro atoms. The normalized spacial score (nSPS) is 20.1. The number of carbonyl (C=O) groups excluding carboxylic acids is 1. The van der Waals surface area contributed by atoms with E-state index in [4.69, 9.17) is 5.73 Å². The highest BCUT2D eigenvalue weighted by Gasteiger charge is 2.23. The van der Waals surface area contributed by atoms with Crippen molar-refractivity contribution < 1.29 is 9.00 Å². The quantitative estimate of drug-likeness (QED) is 0.646. The van der Waals surface area contributed by atoms with Crippen LogP contribution in [0.4, 0.5) is 0 Å². The fourth-order valence-electron chi connectivity index (χ4n) is 1.06. The molecule has 1 rings (SSSR count). The topological polar surface area (TPSA) is 72.2 Å². The number of hydrogen-bond acceptors (Lipinski definition) is 3. The predicted octanol–water partition coefficient (Wildman–Crippen LogP) is -0.249. The van der Waals surface area contributed by atoms with Gasteiger partial charge >= 0.3 is 0 Å². The molecule has 0 aromatic heterocycles. The van der Waals surface area contributed by atoms with Gasteiger partial charge < -0.3 is 11.1 Å². The average molecular weight is 218 g/mol. The third-order valence-corrected chi connectivity index (χ3v) is 3.54. The van der Waals surface area contributed by atoms with Crippen LogP contribution >= 0.6 is 0 Å². The molecule has 0 aromatic rings. The third-order valence-electron chi connectivity index (χ3n) is 2.16. The van der Waals surface area contributed by atoms with Crippen molar-refractivity contribution in [1.29, 1.82) is 0 Å². The molecule has 3 N–H and O–H groups in total. The summed E-state index contributed by atoms with van der Waals surface area (Å²) in [5.41, 5.74) is 5.64. The van der Waals surface area contributed by atoms with Crippen LogP contribution in [-0.2, 0) is 15.6 Å². The van der Waals surface area contributed by atoms with Crippen LogP contribution in [0, 0.1) is 0 Å². The lowest BCUT2D eigenvalue weighted by atomic mass is 10.3. The minimum atomic E-state index is -1.11. The van der Waals surface area contributed by atoms with Crippen LogP contribution in [0.1, 0.15) is 26.2 Å². The molecule has 0 bridgehead atoms. The number of nitrogens with two attached hydrogens (primary N) is 1. The summed E-state index contributed by atoms with van der Waals surface area (Å²) >= 11 is 0. The second kappa shape index (κ2) is 5.46. The molecule has 1 amide bonds. The summed E-state index contributed by atoms with van der Waals surface area (Å²) in [5, 5.41) is 2.80. The Balaban J connectivity index is 2.14. The SMILES string of the molecule is CCC(N)CS(=O)CC(=O)NC1CC1. The Morgan fingerprint density at radius 2 is 2.29 bits per heavy atom. The molecule has 5 heteroatoms. The van der Waals surface area contributed by atoms with E-state index in [1.165, 1.54) is 0 Å². The summed E-state index contributed by atoms with van der Waals surface area (Å²) < 4.78 is 11.4. The molecule has 2 unspecified atom stereocenters. The van der Waals surface area contributed by atoms with Crippen LogP contribution in [0.25, 0.3) is 0 Å². The van der Waals surface area contributed by atoms with E-state index in [0.29, 0.717) is 11.8 Å². The smallest absolute Gasteiger partial charge is 0.232 e. The first kappa shape index (κ1) is 11.7. The lowest BCUT2D eigenvalue weighted by Crippen LogP contribution is -2.34. The Kier molecular flexibility index (Phi) is 4.54. The second-order valence-electron chi connectivity index (χ2n) is 3.76. The number of rotatable bonds is 6. The zero-order chi connectivity index (χ0) is 10.6. The number of amides is 1. The summed E-state index contributed by atoms with van der Waals surface area (Å²) in [7, 11) is -1.11. The van der Waals surface area contributed by atoms with E-state index in [2.05, 4.69) is 5.32 Å². The molecule has 1 aliphatic rings. The van der Waals surface area contributed by atoms with Crippen molar-refractivity contribution in [2.75, 3.05) is 11.5 Å². The maximum atomic E-state index is 11.4. The Bertz CT molecular complexity index is 229. The van der Waals surface area contributed by atoms with Gasteiger partial charge in [0, 0.05) is 28.6 Å². The van der Waals surface area contributed by atoms with Gasteiger partial charge in [0.1, 0.15) is 5.75 Å². The predicted molar refractivity (Wildman–Crippen MR) is 57.3 cm³/mol. The maximum Gasteiger partial charge on any atom is 0.232 e. The number of carbonyl (C=O) groups is 1. The summed E-state index contributed by atoms with van der Waals surface area (Å²) in [6.07, 6.45) is 2.93. The molecule has 0 radical (unpaired) electrons. The fourth-order valence-corrected chi connectivity index (χ4v) is 2.27. The first-order valence-electron chi connectivity index (χ1n) is 5.01. The minimum Gasteiger partial charge on any atom is -0.353 e. The summed E-state index contributed by atoms with van der Waals surface area (Å²) in [6.45, 7) is 1.95. The van der Waals surface area contributed by atoms with E-state index in [1.54, 1.807) is 0 Å². The van der Waals surface area contributed by atoms with Gasteiger partial charge in [0.05, 0.1) is 0 Å². The average Bonchev–Trinajstić information content (AvgIpc) is 2.87. The van der Waals surface area contributed by atoms with Crippen molar-refractivity contribution in [3.63, 3.8) is 0 Å². The van der Waals surface area contributed by atoms with Gasteiger partial charge in [-0.3, -0.25) is 9.00 Å². The fraction of sp³-hybridized carbons (Fsp3) is 0.889. The summed E-state index contributed by atoms with van der Waals surface area (Å²) in [4.78, 5) is 11.2. The van der Waals surface area contributed by atoms with Crippen LogP contribution in [0.2, 0.25) is 0 Å². The zero-order valence-corrected chi connectivity index (χ0v) is 9.31.